The normalized spacial score (nSPS) is 17.2. The predicted octanol–water partition coefficient (Wildman–Crippen LogP) is 1.34. The summed E-state index contributed by atoms with van der Waals surface area (Å²) in [5.74, 6) is -0.545. The first-order valence-electron chi connectivity index (χ1n) is 9.49. The predicted molar refractivity (Wildman–Crippen MR) is 109 cm³/mol. The van der Waals surface area contributed by atoms with E-state index in [1.165, 1.54) is 50.5 Å². The van der Waals surface area contributed by atoms with Gasteiger partial charge in [-0.3, -0.25) is 0 Å². The summed E-state index contributed by atoms with van der Waals surface area (Å²) in [5.41, 5.74) is 0.144. The van der Waals surface area contributed by atoms with Gasteiger partial charge in [-0.2, -0.15) is 0 Å². The van der Waals surface area contributed by atoms with Gasteiger partial charge in [0.1, 0.15) is 12.4 Å². The third-order valence-corrected chi connectivity index (χ3v) is 7.77. The summed E-state index contributed by atoms with van der Waals surface area (Å²) in [6, 6.07) is 7.98. The molecule has 2 aromatic rings. The summed E-state index contributed by atoms with van der Waals surface area (Å²) in [4.78, 5) is 12.2. The lowest BCUT2D eigenvalue weighted by molar-refractivity contribution is 0.0440. The minimum absolute atomic E-state index is 0.0200. The van der Waals surface area contributed by atoms with E-state index in [0.29, 0.717) is 6.61 Å². The number of sulfonamides is 2. The molecule has 0 bridgehead atoms. The van der Waals surface area contributed by atoms with Gasteiger partial charge >= 0.3 is 5.97 Å². The standard InChI is InChI=1S/C19H24N2O8S2/c1-21(2)31(25,26)18-10-7-16(29-18)13-28-19(22)14-5-8-17(9-6-14)30(23,24)20-12-15-4-3-11-27-15/h5-10,15,20H,3-4,11-13H2,1-2H3. The molecule has 0 amide bonds. The van der Waals surface area contributed by atoms with Gasteiger partial charge in [0.25, 0.3) is 10.0 Å². The molecule has 1 aromatic heterocycles. The molecule has 1 N–H and O–H groups in total. The summed E-state index contributed by atoms with van der Waals surface area (Å²) in [5, 5.41) is -0.256. The van der Waals surface area contributed by atoms with E-state index in [1.54, 1.807) is 0 Å². The van der Waals surface area contributed by atoms with E-state index in [-0.39, 0.29) is 40.6 Å². The topological polar surface area (TPSA) is 132 Å². The Kier molecular flexibility index (Phi) is 7.17. The summed E-state index contributed by atoms with van der Waals surface area (Å²) >= 11 is 0. The van der Waals surface area contributed by atoms with E-state index in [1.807, 2.05) is 0 Å². The van der Waals surface area contributed by atoms with Gasteiger partial charge in [-0.25, -0.2) is 30.7 Å². The Bertz CT molecular complexity index is 1120. The number of ether oxygens (including phenoxy) is 2. The first-order chi connectivity index (χ1) is 14.6. The molecular formula is C19H24N2O8S2. The Morgan fingerprint density at radius 1 is 1.13 bits per heavy atom. The van der Waals surface area contributed by atoms with E-state index < -0.39 is 26.0 Å². The molecule has 1 aliphatic rings. The lowest BCUT2D eigenvalue weighted by atomic mass is 10.2. The van der Waals surface area contributed by atoms with Crippen molar-refractivity contribution in [2.75, 3.05) is 27.2 Å². The number of hydrogen-bond acceptors (Lipinski definition) is 8. The Balaban J connectivity index is 1.57. The fraction of sp³-hybridized carbons (Fsp3) is 0.421. The number of benzene rings is 1. The van der Waals surface area contributed by atoms with Crippen molar-refractivity contribution >= 4 is 26.0 Å². The van der Waals surface area contributed by atoms with Crippen molar-refractivity contribution in [2.24, 2.45) is 0 Å². The maximum absolute atomic E-state index is 12.4. The van der Waals surface area contributed by atoms with Crippen molar-refractivity contribution in [3.8, 4) is 0 Å². The molecule has 1 saturated heterocycles. The van der Waals surface area contributed by atoms with Crippen LogP contribution in [0, 0.1) is 0 Å². The van der Waals surface area contributed by atoms with Crippen LogP contribution in [0.5, 0.6) is 0 Å². The fourth-order valence-corrected chi connectivity index (χ4v) is 4.71. The van der Waals surface area contributed by atoms with E-state index in [9.17, 15) is 21.6 Å². The fourth-order valence-electron chi connectivity index (χ4n) is 2.84. The molecule has 0 saturated carbocycles. The molecular weight excluding hydrogens is 448 g/mol. The zero-order valence-corrected chi connectivity index (χ0v) is 18.7. The van der Waals surface area contributed by atoms with E-state index in [2.05, 4.69) is 4.72 Å². The van der Waals surface area contributed by atoms with Gasteiger partial charge in [-0.1, -0.05) is 0 Å². The van der Waals surface area contributed by atoms with Crippen molar-refractivity contribution in [2.45, 2.75) is 35.5 Å². The van der Waals surface area contributed by atoms with Crippen LogP contribution in [0.15, 0.2) is 50.8 Å². The highest BCUT2D eigenvalue weighted by molar-refractivity contribution is 7.89. The van der Waals surface area contributed by atoms with Crippen LogP contribution >= 0.6 is 0 Å². The van der Waals surface area contributed by atoms with Crippen LogP contribution in [0.4, 0.5) is 0 Å². The highest BCUT2D eigenvalue weighted by Gasteiger charge is 2.23. The van der Waals surface area contributed by atoms with Crippen LogP contribution in [0.25, 0.3) is 0 Å². The first kappa shape index (κ1) is 23.4. The number of nitrogens with zero attached hydrogens (tertiary/aromatic N) is 1. The molecule has 1 atom stereocenters. The van der Waals surface area contributed by atoms with Crippen LogP contribution in [0.1, 0.15) is 29.0 Å². The van der Waals surface area contributed by atoms with Crippen LogP contribution in [-0.4, -0.2) is 60.5 Å². The number of carbonyl (C=O) groups excluding carboxylic acids is 1. The summed E-state index contributed by atoms with van der Waals surface area (Å²) < 4.78 is 68.0. The van der Waals surface area contributed by atoms with Crippen molar-refractivity contribution in [3.63, 3.8) is 0 Å². The maximum atomic E-state index is 12.4. The van der Waals surface area contributed by atoms with E-state index in [4.69, 9.17) is 13.9 Å². The summed E-state index contributed by atoms with van der Waals surface area (Å²) in [7, 11) is -4.69. The molecule has 3 rings (SSSR count). The highest BCUT2D eigenvalue weighted by atomic mass is 32.2. The van der Waals surface area contributed by atoms with Crippen LogP contribution < -0.4 is 4.72 Å². The largest absolute Gasteiger partial charge is 0.454 e. The van der Waals surface area contributed by atoms with Gasteiger partial charge < -0.3 is 13.9 Å². The van der Waals surface area contributed by atoms with Gasteiger partial charge in [0.05, 0.1) is 16.6 Å². The third kappa shape index (κ3) is 5.71. The molecule has 2 heterocycles. The van der Waals surface area contributed by atoms with Crippen LogP contribution in [-0.2, 0) is 36.1 Å². The second-order valence-corrected chi connectivity index (χ2v) is 10.9. The average Bonchev–Trinajstić information content (AvgIpc) is 3.43. The number of rotatable bonds is 9. The number of hydrogen-bond donors (Lipinski definition) is 1. The maximum Gasteiger partial charge on any atom is 0.338 e. The van der Waals surface area contributed by atoms with Crippen LogP contribution in [0.2, 0.25) is 0 Å². The minimum atomic E-state index is -3.72. The molecule has 31 heavy (non-hydrogen) atoms. The number of nitrogens with one attached hydrogen (secondary N) is 1. The Hall–Kier alpha value is -2.25. The van der Waals surface area contributed by atoms with Crippen molar-refractivity contribution in [3.05, 3.63) is 47.7 Å². The SMILES string of the molecule is CN(C)S(=O)(=O)c1ccc(COC(=O)c2ccc(S(=O)(=O)NCC3CCCO3)cc2)o1. The molecule has 10 nitrogen and oxygen atoms in total. The Morgan fingerprint density at radius 2 is 1.84 bits per heavy atom. The molecule has 1 fully saturated rings. The summed E-state index contributed by atoms with van der Waals surface area (Å²) in [6.45, 7) is 0.555. The van der Waals surface area contributed by atoms with Crippen molar-refractivity contribution in [1.29, 1.82) is 0 Å². The van der Waals surface area contributed by atoms with E-state index in [0.717, 1.165) is 17.1 Å². The lowest BCUT2D eigenvalue weighted by Gasteiger charge is -2.11. The Morgan fingerprint density at radius 3 is 2.45 bits per heavy atom. The highest BCUT2D eigenvalue weighted by Crippen LogP contribution is 2.18. The van der Waals surface area contributed by atoms with Gasteiger partial charge in [-0.05, 0) is 49.2 Å². The first-order valence-corrected chi connectivity index (χ1v) is 12.4. The zero-order chi connectivity index (χ0) is 22.6. The zero-order valence-electron chi connectivity index (χ0n) is 17.1. The Labute approximate surface area is 181 Å². The molecule has 0 aliphatic carbocycles. The molecule has 170 valence electrons. The van der Waals surface area contributed by atoms with Gasteiger partial charge in [0, 0.05) is 27.2 Å². The molecule has 1 aliphatic heterocycles. The van der Waals surface area contributed by atoms with Gasteiger partial charge in [0.15, 0.2) is 0 Å². The smallest absolute Gasteiger partial charge is 0.338 e. The average molecular weight is 473 g/mol. The second kappa shape index (κ2) is 9.49. The molecule has 0 radical (unpaired) electrons. The quantitative estimate of drug-likeness (QED) is 0.541. The molecule has 1 aromatic carbocycles. The third-order valence-electron chi connectivity index (χ3n) is 4.64. The minimum Gasteiger partial charge on any atom is -0.454 e. The molecule has 12 heteroatoms. The molecule has 1 unspecified atom stereocenters. The van der Waals surface area contributed by atoms with Gasteiger partial charge in [0.2, 0.25) is 15.1 Å². The number of furan rings is 1. The molecule has 0 spiro atoms. The monoisotopic (exact) mass is 472 g/mol. The van der Waals surface area contributed by atoms with Crippen molar-refractivity contribution < 1.29 is 35.5 Å². The van der Waals surface area contributed by atoms with E-state index >= 15 is 0 Å². The van der Waals surface area contributed by atoms with Gasteiger partial charge in [-0.15, -0.1) is 0 Å². The van der Waals surface area contributed by atoms with Crippen molar-refractivity contribution in [1.82, 2.24) is 9.03 Å². The number of esters is 1. The summed E-state index contributed by atoms with van der Waals surface area (Å²) in [6.07, 6.45) is 1.60. The lowest BCUT2D eigenvalue weighted by Crippen LogP contribution is -2.31. The van der Waals surface area contributed by atoms with Crippen LogP contribution in [0.3, 0.4) is 0 Å². The second-order valence-electron chi connectivity index (χ2n) is 7.10. The number of carbonyl (C=O) groups is 1.